The normalized spacial score (nSPS) is 10.9. The SMILES string of the molecule is CC(C)N(C(=O)COc1ccc(-c2ccc(C(=O)NOCc3ccccc3)cc2)cc1)C(C)C. The number of ether oxygens (including phenoxy) is 1. The van der Waals surface area contributed by atoms with Crippen LogP contribution in [-0.2, 0) is 16.2 Å². The van der Waals surface area contributed by atoms with Crippen molar-refractivity contribution in [3.63, 3.8) is 0 Å². The van der Waals surface area contributed by atoms with Gasteiger partial charge in [-0.05, 0) is 68.7 Å². The average molecular weight is 461 g/mol. The molecule has 0 bridgehead atoms. The van der Waals surface area contributed by atoms with E-state index in [-0.39, 0.29) is 30.5 Å². The summed E-state index contributed by atoms with van der Waals surface area (Å²) in [5.74, 6) is 0.305. The number of hydrogen-bond acceptors (Lipinski definition) is 4. The smallest absolute Gasteiger partial charge is 0.274 e. The first-order valence-electron chi connectivity index (χ1n) is 11.5. The fourth-order valence-corrected chi connectivity index (χ4v) is 3.77. The van der Waals surface area contributed by atoms with Crippen LogP contribution in [0.2, 0.25) is 0 Å². The van der Waals surface area contributed by atoms with Crippen LogP contribution in [0.3, 0.4) is 0 Å². The van der Waals surface area contributed by atoms with E-state index in [9.17, 15) is 9.59 Å². The molecule has 6 nitrogen and oxygen atoms in total. The van der Waals surface area contributed by atoms with Gasteiger partial charge in [-0.1, -0.05) is 54.6 Å². The minimum absolute atomic E-state index is 0.00581. The fourth-order valence-electron chi connectivity index (χ4n) is 3.77. The maximum Gasteiger partial charge on any atom is 0.274 e. The topological polar surface area (TPSA) is 67.9 Å². The Bertz CT molecular complexity index is 1050. The van der Waals surface area contributed by atoms with Crippen molar-refractivity contribution in [3.8, 4) is 16.9 Å². The van der Waals surface area contributed by atoms with E-state index in [2.05, 4.69) is 5.48 Å². The minimum Gasteiger partial charge on any atom is -0.484 e. The first-order valence-corrected chi connectivity index (χ1v) is 11.5. The Morgan fingerprint density at radius 1 is 0.794 bits per heavy atom. The van der Waals surface area contributed by atoms with Gasteiger partial charge in [0.2, 0.25) is 0 Å². The van der Waals surface area contributed by atoms with Gasteiger partial charge in [-0.3, -0.25) is 14.4 Å². The number of nitrogens with one attached hydrogen (secondary N) is 1. The van der Waals surface area contributed by atoms with Crippen LogP contribution in [0, 0.1) is 0 Å². The second-order valence-electron chi connectivity index (χ2n) is 8.58. The number of nitrogens with zero attached hydrogens (tertiary/aromatic N) is 1. The van der Waals surface area contributed by atoms with Crippen molar-refractivity contribution in [3.05, 3.63) is 90.0 Å². The molecule has 0 aromatic heterocycles. The van der Waals surface area contributed by atoms with Crippen molar-refractivity contribution in [2.24, 2.45) is 0 Å². The quantitative estimate of drug-likeness (QED) is 0.420. The molecule has 34 heavy (non-hydrogen) atoms. The van der Waals surface area contributed by atoms with Crippen molar-refractivity contribution < 1.29 is 19.2 Å². The van der Waals surface area contributed by atoms with E-state index < -0.39 is 0 Å². The van der Waals surface area contributed by atoms with Crippen LogP contribution in [-0.4, -0.2) is 35.4 Å². The van der Waals surface area contributed by atoms with E-state index in [1.54, 1.807) is 12.1 Å². The van der Waals surface area contributed by atoms with E-state index in [1.165, 1.54) is 0 Å². The molecule has 3 aromatic rings. The third kappa shape index (κ3) is 6.93. The summed E-state index contributed by atoms with van der Waals surface area (Å²) < 4.78 is 5.70. The van der Waals surface area contributed by atoms with Gasteiger partial charge in [0.1, 0.15) is 5.75 Å². The molecular formula is C28H32N2O4. The maximum absolute atomic E-state index is 12.5. The molecule has 0 atom stereocenters. The number of hydrogen-bond donors (Lipinski definition) is 1. The van der Waals surface area contributed by atoms with E-state index in [0.29, 0.717) is 17.9 Å². The van der Waals surface area contributed by atoms with E-state index in [0.717, 1.165) is 16.7 Å². The second-order valence-corrected chi connectivity index (χ2v) is 8.58. The lowest BCUT2D eigenvalue weighted by Crippen LogP contribution is -2.44. The zero-order valence-corrected chi connectivity index (χ0v) is 20.2. The summed E-state index contributed by atoms with van der Waals surface area (Å²) >= 11 is 0. The van der Waals surface area contributed by atoms with Crippen molar-refractivity contribution in [2.75, 3.05) is 6.61 Å². The average Bonchev–Trinajstić information content (AvgIpc) is 2.83. The van der Waals surface area contributed by atoms with E-state index in [4.69, 9.17) is 9.57 Å². The number of amides is 2. The predicted octanol–water partition coefficient (Wildman–Crippen LogP) is 5.24. The minimum atomic E-state index is -0.298. The highest BCUT2D eigenvalue weighted by Gasteiger charge is 2.20. The third-order valence-corrected chi connectivity index (χ3v) is 5.34. The highest BCUT2D eigenvalue weighted by atomic mass is 16.6. The van der Waals surface area contributed by atoms with Crippen LogP contribution in [0.25, 0.3) is 11.1 Å². The van der Waals surface area contributed by atoms with Gasteiger partial charge in [0, 0.05) is 17.6 Å². The molecule has 178 valence electrons. The van der Waals surface area contributed by atoms with Gasteiger partial charge in [0.15, 0.2) is 6.61 Å². The van der Waals surface area contributed by atoms with Gasteiger partial charge >= 0.3 is 0 Å². The first kappa shape index (κ1) is 25.0. The maximum atomic E-state index is 12.5. The number of rotatable bonds is 10. The lowest BCUT2D eigenvalue weighted by atomic mass is 10.0. The summed E-state index contributed by atoms with van der Waals surface area (Å²) in [6.07, 6.45) is 0. The zero-order chi connectivity index (χ0) is 24.5. The predicted molar refractivity (Wildman–Crippen MR) is 133 cm³/mol. The Morgan fingerprint density at radius 3 is 1.91 bits per heavy atom. The van der Waals surface area contributed by atoms with Crippen LogP contribution in [0.1, 0.15) is 43.6 Å². The lowest BCUT2D eigenvalue weighted by Gasteiger charge is -2.30. The number of hydroxylamine groups is 1. The highest BCUT2D eigenvalue weighted by molar-refractivity contribution is 5.94. The van der Waals surface area contributed by atoms with E-state index in [1.807, 2.05) is 99.3 Å². The Hall–Kier alpha value is -3.64. The van der Waals surface area contributed by atoms with Gasteiger partial charge in [0.25, 0.3) is 11.8 Å². The Balaban J connectivity index is 1.52. The molecular weight excluding hydrogens is 428 g/mol. The number of carbonyl (C=O) groups is 2. The molecule has 0 spiro atoms. The fraction of sp³-hybridized carbons (Fsp3) is 0.286. The highest BCUT2D eigenvalue weighted by Crippen LogP contribution is 2.23. The van der Waals surface area contributed by atoms with Crippen LogP contribution in [0.15, 0.2) is 78.9 Å². The van der Waals surface area contributed by atoms with Gasteiger partial charge in [-0.2, -0.15) is 0 Å². The molecule has 0 unspecified atom stereocenters. The summed E-state index contributed by atoms with van der Waals surface area (Å²) in [4.78, 5) is 31.9. The standard InChI is InChI=1S/C28H32N2O4/c1-20(2)30(21(3)4)27(31)19-33-26-16-14-24(15-17-26)23-10-12-25(13-11-23)28(32)29-34-18-22-8-6-5-7-9-22/h5-17,20-21H,18-19H2,1-4H3,(H,29,32). The second kappa shape index (κ2) is 12.0. The third-order valence-electron chi connectivity index (χ3n) is 5.34. The van der Waals surface area contributed by atoms with Crippen molar-refractivity contribution >= 4 is 11.8 Å². The molecule has 2 amide bonds. The molecule has 3 rings (SSSR count). The lowest BCUT2D eigenvalue weighted by molar-refractivity contribution is -0.136. The molecule has 0 heterocycles. The van der Waals surface area contributed by atoms with Crippen LogP contribution in [0.4, 0.5) is 0 Å². The van der Waals surface area contributed by atoms with Crippen molar-refractivity contribution in [2.45, 2.75) is 46.4 Å². The molecule has 1 N–H and O–H groups in total. The molecule has 6 heteroatoms. The van der Waals surface area contributed by atoms with Gasteiger partial charge < -0.3 is 9.64 Å². The largest absolute Gasteiger partial charge is 0.484 e. The summed E-state index contributed by atoms with van der Waals surface area (Å²) in [5.41, 5.74) is 5.91. The molecule has 3 aromatic carbocycles. The van der Waals surface area contributed by atoms with Gasteiger partial charge in [-0.25, -0.2) is 5.48 Å². The molecule has 0 aliphatic heterocycles. The van der Waals surface area contributed by atoms with Gasteiger partial charge in [0.05, 0.1) is 6.61 Å². The molecule has 0 aliphatic rings. The Morgan fingerprint density at radius 2 is 1.35 bits per heavy atom. The van der Waals surface area contributed by atoms with Crippen molar-refractivity contribution in [1.82, 2.24) is 10.4 Å². The molecule has 0 saturated carbocycles. The van der Waals surface area contributed by atoms with Gasteiger partial charge in [-0.15, -0.1) is 0 Å². The molecule has 0 aliphatic carbocycles. The summed E-state index contributed by atoms with van der Waals surface area (Å²) in [6, 6.07) is 24.7. The molecule has 0 saturated heterocycles. The zero-order valence-electron chi connectivity index (χ0n) is 20.2. The Labute approximate surface area is 201 Å². The summed E-state index contributed by atoms with van der Waals surface area (Å²) in [6.45, 7) is 8.31. The monoisotopic (exact) mass is 460 g/mol. The molecule has 0 fully saturated rings. The summed E-state index contributed by atoms with van der Waals surface area (Å²) in [5, 5.41) is 0. The molecule has 0 radical (unpaired) electrons. The van der Waals surface area contributed by atoms with E-state index >= 15 is 0 Å². The Kier molecular flexibility index (Phi) is 8.82. The first-order chi connectivity index (χ1) is 16.3. The van der Waals surface area contributed by atoms with Crippen LogP contribution in [0.5, 0.6) is 5.75 Å². The summed E-state index contributed by atoms with van der Waals surface area (Å²) in [7, 11) is 0. The number of carbonyl (C=O) groups excluding carboxylic acids is 2. The van der Waals surface area contributed by atoms with Crippen LogP contribution < -0.4 is 10.2 Å². The van der Waals surface area contributed by atoms with Crippen LogP contribution >= 0.6 is 0 Å². The number of benzene rings is 3. The van der Waals surface area contributed by atoms with Crippen molar-refractivity contribution in [1.29, 1.82) is 0 Å².